The first-order valence-electron chi connectivity index (χ1n) is 7.88. The minimum absolute atomic E-state index is 0.123. The van der Waals surface area contributed by atoms with Crippen molar-refractivity contribution in [2.75, 3.05) is 13.7 Å². The second kappa shape index (κ2) is 9.27. The highest BCUT2D eigenvalue weighted by atomic mass is 16.5. The van der Waals surface area contributed by atoms with Crippen LogP contribution in [-0.4, -0.2) is 25.7 Å². The molecule has 2 aromatic carbocycles. The number of esters is 2. The molecule has 0 aromatic heterocycles. The first kappa shape index (κ1) is 18.3. The molecule has 0 spiro atoms. The van der Waals surface area contributed by atoms with Gasteiger partial charge in [-0.15, -0.1) is 0 Å². The van der Waals surface area contributed by atoms with Gasteiger partial charge in [0, 0.05) is 11.6 Å². The van der Waals surface area contributed by atoms with Gasteiger partial charge in [0.05, 0.1) is 19.3 Å². The average Bonchev–Trinajstić information content (AvgIpc) is 2.65. The molecule has 2 rings (SSSR count). The van der Waals surface area contributed by atoms with Crippen LogP contribution in [-0.2, 0) is 20.9 Å². The number of hydrogen-bond acceptors (Lipinski definition) is 5. The Hall–Kier alpha value is -3.08. The van der Waals surface area contributed by atoms with E-state index in [1.54, 1.807) is 30.3 Å². The highest BCUT2D eigenvalue weighted by Gasteiger charge is 2.05. The van der Waals surface area contributed by atoms with Crippen molar-refractivity contribution in [2.24, 2.45) is 0 Å². The van der Waals surface area contributed by atoms with Gasteiger partial charge in [-0.2, -0.15) is 0 Å². The minimum atomic E-state index is -0.455. The van der Waals surface area contributed by atoms with Gasteiger partial charge in [-0.25, -0.2) is 9.59 Å². The van der Waals surface area contributed by atoms with E-state index in [0.717, 1.165) is 11.1 Å². The SMILES string of the molecule is CCOc1ccccc1/C=C/C(=O)OCc1ccc(C(=O)OC)cc1. The van der Waals surface area contributed by atoms with Gasteiger partial charge in [-0.1, -0.05) is 30.3 Å². The van der Waals surface area contributed by atoms with Gasteiger partial charge in [-0.3, -0.25) is 0 Å². The zero-order chi connectivity index (χ0) is 18.1. The van der Waals surface area contributed by atoms with Crippen LogP contribution in [0.3, 0.4) is 0 Å². The summed E-state index contributed by atoms with van der Waals surface area (Å²) in [7, 11) is 1.33. The summed E-state index contributed by atoms with van der Waals surface area (Å²) in [5.74, 6) is -0.143. The van der Waals surface area contributed by atoms with Crippen LogP contribution < -0.4 is 4.74 Å². The lowest BCUT2D eigenvalue weighted by Gasteiger charge is -2.06. The quantitative estimate of drug-likeness (QED) is 0.569. The number of benzene rings is 2. The fraction of sp³-hybridized carbons (Fsp3) is 0.200. The van der Waals surface area contributed by atoms with Crippen LogP contribution >= 0.6 is 0 Å². The Morgan fingerprint density at radius 3 is 2.44 bits per heavy atom. The van der Waals surface area contributed by atoms with Crippen LogP contribution in [0.2, 0.25) is 0 Å². The topological polar surface area (TPSA) is 61.8 Å². The Morgan fingerprint density at radius 2 is 1.76 bits per heavy atom. The fourth-order valence-electron chi connectivity index (χ4n) is 2.12. The molecule has 0 saturated heterocycles. The lowest BCUT2D eigenvalue weighted by Crippen LogP contribution is -2.03. The van der Waals surface area contributed by atoms with Crippen LogP contribution in [0.1, 0.15) is 28.4 Å². The van der Waals surface area contributed by atoms with Crippen LogP contribution in [0, 0.1) is 0 Å². The standard InChI is InChI=1S/C20H20O5/c1-3-24-18-7-5-4-6-16(18)12-13-19(21)25-14-15-8-10-17(11-9-15)20(22)23-2/h4-13H,3,14H2,1-2H3/b13-12+. The number of hydrogen-bond donors (Lipinski definition) is 0. The molecule has 130 valence electrons. The van der Waals surface area contributed by atoms with Gasteiger partial charge in [0.2, 0.25) is 0 Å². The summed E-state index contributed by atoms with van der Waals surface area (Å²) in [4.78, 5) is 23.2. The van der Waals surface area contributed by atoms with Crippen molar-refractivity contribution in [2.45, 2.75) is 13.5 Å². The van der Waals surface area contributed by atoms with Crippen molar-refractivity contribution < 1.29 is 23.8 Å². The van der Waals surface area contributed by atoms with Gasteiger partial charge in [0.15, 0.2) is 0 Å². The van der Waals surface area contributed by atoms with E-state index in [9.17, 15) is 9.59 Å². The molecule has 5 heteroatoms. The molecular formula is C20H20O5. The monoisotopic (exact) mass is 340 g/mol. The third kappa shape index (κ3) is 5.49. The molecule has 25 heavy (non-hydrogen) atoms. The molecule has 0 atom stereocenters. The summed E-state index contributed by atoms with van der Waals surface area (Å²) in [6, 6.07) is 14.1. The first-order valence-corrected chi connectivity index (χ1v) is 7.88. The number of rotatable bonds is 7. The lowest BCUT2D eigenvalue weighted by atomic mass is 10.1. The summed E-state index contributed by atoms with van der Waals surface area (Å²) >= 11 is 0. The molecule has 0 fully saturated rings. The molecule has 0 aliphatic carbocycles. The Kier molecular flexibility index (Phi) is 6.77. The van der Waals surface area contributed by atoms with Crippen LogP contribution in [0.4, 0.5) is 0 Å². The molecule has 2 aromatic rings. The Morgan fingerprint density at radius 1 is 1.04 bits per heavy atom. The molecule has 0 heterocycles. The van der Waals surface area contributed by atoms with Crippen LogP contribution in [0.15, 0.2) is 54.6 Å². The van der Waals surface area contributed by atoms with E-state index in [0.29, 0.717) is 17.9 Å². The van der Waals surface area contributed by atoms with E-state index < -0.39 is 11.9 Å². The first-order chi connectivity index (χ1) is 12.1. The van der Waals surface area contributed by atoms with Crippen molar-refractivity contribution in [3.05, 3.63) is 71.3 Å². The Balaban J connectivity index is 1.91. The zero-order valence-electron chi connectivity index (χ0n) is 14.2. The highest BCUT2D eigenvalue weighted by molar-refractivity contribution is 5.89. The summed E-state index contributed by atoms with van der Waals surface area (Å²) in [6.07, 6.45) is 3.02. The molecule has 0 aliphatic rings. The number of carbonyl (C=O) groups excluding carboxylic acids is 2. The van der Waals surface area contributed by atoms with E-state index in [-0.39, 0.29) is 6.61 Å². The maximum Gasteiger partial charge on any atom is 0.337 e. The largest absolute Gasteiger partial charge is 0.493 e. The van der Waals surface area contributed by atoms with Crippen molar-refractivity contribution in [3.63, 3.8) is 0 Å². The van der Waals surface area contributed by atoms with Crippen molar-refractivity contribution >= 4 is 18.0 Å². The number of para-hydroxylation sites is 1. The maximum atomic E-state index is 11.9. The molecule has 0 aliphatic heterocycles. The smallest absolute Gasteiger partial charge is 0.337 e. The van der Waals surface area contributed by atoms with E-state index in [1.165, 1.54) is 13.2 Å². The highest BCUT2D eigenvalue weighted by Crippen LogP contribution is 2.19. The summed E-state index contributed by atoms with van der Waals surface area (Å²) in [6.45, 7) is 2.58. The third-order valence-electron chi connectivity index (χ3n) is 3.37. The van der Waals surface area contributed by atoms with Crippen molar-refractivity contribution in [1.29, 1.82) is 0 Å². The number of methoxy groups -OCH3 is 1. The Labute approximate surface area is 146 Å². The normalized spacial score (nSPS) is 10.5. The minimum Gasteiger partial charge on any atom is -0.493 e. The number of carbonyl (C=O) groups is 2. The predicted molar refractivity (Wildman–Crippen MR) is 94.2 cm³/mol. The van der Waals surface area contributed by atoms with Gasteiger partial charge < -0.3 is 14.2 Å². The van der Waals surface area contributed by atoms with Gasteiger partial charge in [-0.05, 0) is 36.8 Å². The summed E-state index contributed by atoms with van der Waals surface area (Å²) in [5, 5.41) is 0. The summed E-state index contributed by atoms with van der Waals surface area (Å²) < 4.78 is 15.3. The summed E-state index contributed by atoms with van der Waals surface area (Å²) in [5.41, 5.74) is 2.04. The third-order valence-corrected chi connectivity index (χ3v) is 3.37. The Bertz CT molecular complexity index is 747. The van der Waals surface area contributed by atoms with Gasteiger partial charge in [0.1, 0.15) is 12.4 Å². The zero-order valence-corrected chi connectivity index (χ0v) is 14.2. The van der Waals surface area contributed by atoms with E-state index in [2.05, 4.69) is 4.74 Å². The van der Waals surface area contributed by atoms with Crippen LogP contribution in [0.5, 0.6) is 5.75 Å². The molecule has 0 unspecified atom stereocenters. The average molecular weight is 340 g/mol. The second-order valence-electron chi connectivity index (χ2n) is 5.10. The van der Waals surface area contributed by atoms with Crippen molar-refractivity contribution in [1.82, 2.24) is 0 Å². The molecular weight excluding hydrogens is 320 g/mol. The molecule has 0 N–H and O–H groups in total. The van der Waals surface area contributed by atoms with E-state index in [4.69, 9.17) is 9.47 Å². The van der Waals surface area contributed by atoms with E-state index in [1.807, 2.05) is 31.2 Å². The van der Waals surface area contributed by atoms with Crippen molar-refractivity contribution in [3.8, 4) is 5.75 Å². The van der Waals surface area contributed by atoms with E-state index >= 15 is 0 Å². The second-order valence-corrected chi connectivity index (χ2v) is 5.10. The molecule has 0 radical (unpaired) electrons. The fourth-order valence-corrected chi connectivity index (χ4v) is 2.12. The maximum absolute atomic E-state index is 11.9. The molecule has 5 nitrogen and oxygen atoms in total. The number of ether oxygens (including phenoxy) is 3. The predicted octanol–water partition coefficient (Wildman–Crippen LogP) is 3.63. The van der Waals surface area contributed by atoms with Gasteiger partial charge in [0.25, 0.3) is 0 Å². The lowest BCUT2D eigenvalue weighted by molar-refractivity contribution is -0.138. The molecule has 0 bridgehead atoms. The molecule has 0 saturated carbocycles. The van der Waals surface area contributed by atoms with Crippen LogP contribution in [0.25, 0.3) is 6.08 Å². The van der Waals surface area contributed by atoms with Gasteiger partial charge >= 0.3 is 11.9 Å². The molecule has 0 amide bonds.